The highest BCUT2D eigenvalue weighted by molar-refractivity contribution is 5.95. The molecular weight excluding hydrogens is 252 g/mol. The standard InChI is InChI=1S/C15H24N4O/c1-3-4-13-9-12(10-14(17-13)18-16)15(20)19-7-5-11(2)6-8-19/h9-11H,3-8,16H2,1-2H3,(H,17,18). The predicted octanol–water partition coefficient (Wildman–Crippen LogP) is 2.19. The van der Waals surface area contributed by atoms with Gasteiger partial charge in [-0.15, -0.1) is 0 Å². The number of nitrogen functional groups attached to an aromatic ring is 1. The second-order valence-electron chi connectivity index (χ2n) is 5.60. The number of likely N-dealkylation sites (tertiary alicyclic amines) is 1. The third kappa shape index (κ3) is 3.48. The van der Waals surface area contributed by atoms with E-state index in [1.807, 2.05) is 11.0 Å². The summed E-state index contributed by atoms with van der Waals surface area (Å²) in [6.45, 7) is 6.02. The van der Waals surface area contributed by atoms with Gasteiger partial charge in [-0.25, -0.2) is 10.8 Å². The Kier molecular flexibility index (Phi) is 4.95. The number of hydrogen-bond acceptors (Lipinski definition) is 4. The molecule has 0 aromatic carbocycles. The van der Waals surface area contributed by atoms with E-state index >= 15 is 0 Å². The molecule has 1 aliphatic heterocycles. The normalized spacial score (nSPS) is 16.2. The fourth-order valence-corrected chi connectivity index (χ4v) is 2.56. The van der Waals surface area contributed by atoms with Gasteiger partial charge in [0, 0.05) is 24.3 Å². The summed E-state index contributed by atoms with van der Waals surface area (Å²) in [5.74, 6) is 6.81. The molecular formula is C15H24N4O. The summed E-state index contributed by atoms with van der Waals surface area (Å²) < 4.78 is 0. The lowest BCUT2D eigenvalue weighted by Crippen LogP contribution is -2.38. The number of carbonyl (C=O) groups is 1. The maximum atomic E-state index is 12.6. The number of hydrogen-bond donors (Lipinski definition) is 2. The first-order chi connectivity index (χ1) is 9.63. The number of aromatic nitrogens is 1. The van der Waals surface area contributed by atoms with Gasteiger partial charge in [-0.05, 0) is 37.3 Å². The molecule has 3 N–H and O–H groups in total. The first kappa shape index (κ1) is 14.8. The van der Waals surface area contributed by atoms with Crippen LogP contribution < -0.4 is 11.3 Å². The van der Waals surface area contributed by atoms with E-state index < -0.39 is 0 Å². The Hall–Kier alpha value is -1.62. The number of nitrogens with zero attached hydrogens (tertiary/aromatic N) is 2. The number of piperidine rings is 1. The number of nitrogens with two attached hydrogens (primary N) is 1. The zero-order valence-corrected chi connectivity index (χ0v) is 12.4. The number of pyridine rings is 1. The number of amides is 1. The molecule has 1 fully saturated rings. The van der Waals surface area contributed by atoms with Gasteiger partial charge in [0.15, 0.2) is 0 Å². The highest BCUT2D eigenvalue weighted by atomic mass is 16.2. The van der Waals surface area contributed by atoms with Crippen molar-refractivity contribution < 1.29 is 4.79 Å². The SMILES string of the molecule is CCCc1cc(C(=O)N2CCC(C)CC2)cc(NN)n1. The fraction of sp³-hybridized carbons (Fsp3) is 0.600. The summed E-state index contributed by atoms with van der Waals surface area (Å²) in [6, 6.07) is 3.63. The van der Waals surface area contributed by atoms with E-state index in [9.17, 15) is 4.79 Å². The number of carbonyl (C=O) groups excluding carboxylic acids is 1. The third-order valence-corrected chi connectivity index (χ3v) is 3.85. The van der Waals surface area contributed by atoms with Crippen molar-refractivity contribution in [3.63, 3.8) is 0 Å². The number of hydrazine groups is 1. The van der Waals surface area contributed by atoms with Crippen molar-refractivity contribution in [2.45, 2.75) is 39.5 Å². The Morgan fingerprint density at radius 1 is 1.45 bits per heavy atom. The van der Waals surface area contributed by atoms with Crippen molar-refractivity contribution in [3.8, 4) is 0 Å². The van der Waals surface area contributed by atoms with Gasteiger partial charge in [-0.3, -0.25) is 4.79 Å². The minimum Gasteiger partial charge on any atom is -0.339 e. The Balaban J connectivity index is 2.17. The minimum absolute atomic E-state index is 0.0909. The molecule has 0 spiro atoms. The molecule has 0 unspecified atom stereocenters. The fourth-order valence-electron chi connectivity index (χ4n) is 2.56. The van der Waals surface area contributed by atoms with Crippen LogP contribution in [0.4, 0.5) is 5.82 Å². The van der Waals surface area contributed by atoms with Crippen LogP contribution in [0.15, 0.2) is 12.1 Å². The molecule has 0 bridgehead atoms. The van der Waals surface area contributed by atoms with Crippen LogP contribution in [0.3, 0.4) is 0 Å². The van der Waals surface area contributed by atoms with Crippen LogP contribution in [-0.2, 0) is 6.42 Å². The van der Waals surface area contributed by atoms with E-state index in [0.29, 0.717) is 17.3 Å². The summed E-state index contributed by atoms with van der Waals surface area (Å²) in [7, 11) is 0. The molecule has 0 aliphatic carbocycles. The number of aryl methyl sites for hydroxylation is 1. The van der Waals surface area contributed by atoms with Gasteiger partial charge in [-0.2, -0.15) is 0 Å². The lowest BCUT2D eigenvalue weighted by Gasteiger charge is -2.30. The van der Waals surface area contributed by atoms with Crippen LogP contribution in [0.5, 0.6) is 0 Å². The molecule has 0 radical (unpaired) electrons. The summed E-state index contributed by atoms with van der Waals surface area (Å²) in [5.41, 5.74) is 4.15. The molecule has 1 saturated heterocycles. The van der Waals surface area contributed by atoms with Gasteiger partial charge >= 0.3 is 0 Å². The van der Waals surface area contributed by atoms with Crippen molar-refractivity contribution in [3.05, 3.63) is 23.4 Å². The largest absolute Gasteiger partial charge is 0.339 e. The highest BCUT2D eigenvalue weighted by Gasteiger charge is 2.22. The van der Waals surface area contributed by atoms with Crippen molar-refractivity contribution >= 4 is 11.7 Å². The van der Waals surface area contributed by atoms with Crippen LogP contribution in [0.2, 0.25) is 0 Å². The monoisotopic (exact) mass is 276 g/mol. The molecule has 5 nitrogen and oxygen atoms in total. The second-order valence-corrected chi connectivity index (χ2v) is 5.60. The van der Waals surface area contributed by atoms with E-state index in [1.165, 1.54) is 0 Å². The zero-order chi connectivity index (χ0) is 14.5. The first-order valence-electron chi connectivity index (χ1n) is 7.41. The van der Waals surface area contributed by atoms with E-state index in [4.69, 9.17) is 5.84 Å². The van der Waals surface area contributed by atoms with Gasteiger partial charge in [0.25, 0.3) is 5.91 Å². The van der Waals surface area contributed by atoms with Gasteiger partial charge < -0.3 is 10.3 Å². The Morgan fingerprint density at radius 3 is 2.75 bits per heavy atom. The number of nitrogens with one attached hydrogen (secondary N) is 1. The molecule has 2 heterocycles. The Morgan fingerprint density at radius 2 is 2.15 bits per heavy atom. The summed E-state index contributed by atoms with van der Waals surface area (Å²) in [6.07, 6.45) is 4.02. The van der Waals surface area contributed by atoms with Crippen LogP contribution in [0, 0.1) is 5.92 Å². The van der Waals surface area contributed by atoms with Crippen molar-refractivity contribution in [2.75, 3.05) is 18.5 Å². The topological polar surface area (TPSA) is 71.2 Å². The minimum atomic E-state index is 0.0909. The summed E-state index contributed by atoms with van der Waals surface area (Å²) in [5, 5.41) is 0. The maximum Gasteiger partial charge on any atom is 0.254 e. The van der Waals surface area contributed by atoms with Gasteiger partial charge in [0.05, 0.1) is 0 Å². The Bertz CT molecular complexity index is 467. The quantitative estimate of drug-likeness (QED) is 0.653. The Labute approximate surface area is 120 Å². The smallest absolute Gasteiger partial charge is 0.254 e. The molecule has 1 aromatic rings. The molecule has 20 heavy (non-hydrogen) atoms. The first-order valence-corrected chi connectivity index (χ1v) is 7.41. The van der Waals surface area contributed by atoms with Gasteiger partial charge in [0.2, 0.25) is 0 Å². The van der Waals surface area contributed by atoms with E-state index in [0.717, 1.165) is 44.5 Å². The average molecular weight is 276 g/mol. The van der Waals surface area contributed by atoms with Crippen LogP contribution in [0.1, 0.15) is 49.2 Å². The van der Waals surface area contributed by atoms with Crippen molar-refractivity contribution in [1.82, 2.24) is 9.88 Å². The number of anilines is 1. The molecule has 1 aromatic heterocycles. The second kappa shape index (κ2) is 6.70. The predicted molar refractivity (Wildman–Crippen MR) is 80.3 cm³/mol. The number of rotatable bonds is 4. The van der Waals surface area contributed by atoms with Crippen LogP contribution >= 0.6 is 0 Å². The lowest BCUT2D eigenvalue weighted by molar-refractivity contribution is 0.0697. The molecule has 1 aliphatic rings. The maximum absolute atomic E-state index is 12.6. The van der Waals surface area contributed by atoms with E-state index in [1.54, 1.807) is 6.07 Å². The molecule has 5 heteroatoms. The zero-order valence-electron chi connectivity index (χ0n) is 12.4. The van der Waals surface area contributed by atoms with Crippen molar-refractivity contribution in [2.24, 2.45) is 11.8 Å². The van der Waals surface area contributed by atoms with Crippen LogP contribution in [0.25, 0.3) is 0 Å². The average Bonchev–Trinajstić information content (AvgIpc) is 2.47. The summed E-state index contributed by atoms with van der Waals surface area (Å²) in [4.78, 5) is 18.9. The van der Waals surface area contributed by atoms with Crippen molar-refractivity contribution in [1.29, 1.82) is 0 Å². The van der Waals surface area contributed by atoms with E-state index in [-0.39, 0.29) is 5.91 Å². The van der Waals surface area contributed by atoms with E-state index in [2.05, 4.69) is 24.3 Å². The molecule has 1 amide bonds. The molecule has 2 rings (SSSR count). The van der Waals surface area contributed by atoms with Crippen LogP contribution in [-0.4, -0.2) is 28.9 Å². The lowest BCUT2D eigenvalue weighted by atomic mass is 9.98. The van der Waals surface area contributed by atoms with Gasteiger partial charge in [-0.1, -0.05) is 20.3 Å². The highest BCUT2D eigenvalue weighted by Crippen LogP contribution is 2.20. The summed E-state index contributed by atoms with van der Waals surface area (Å²) >= 11 is 0. The van der Waals surface area contributed by atoms with Gasteiger partial charge in [0.1, 0.15) is 5.82 Å². The molecule has 0 atom stereocenters. The molecule has 0 saturated carbocycles. The molecule has 110 valence electrons. The third-order valence-electron chi connectivity index (χ3n) is 3.85.